The van der Waals surface area contributed by atoms with E-state index in [1.54, 1.807) is 18.9 Å². The van der Waals surface area contributed by atoms with Crippen molar-refractivity contribution < 1.29 is 9.13 Å². The average Bonchev–Trinajstić information content (AvgIpc) is 3.29. The molecular weight excluding hydrogens is 399 g/mol. The lowest BCUT2D eigenvalue weighted by Gasteiger charge is -2.32. The van der Waals surface area contributed by atoms with Crippen LogP contribution in [0.4, 0.5) is 4.39 Å². The normalized spacial score (nSPS) is 20.5. The predicted molar refractivity (Wildman–Crippen MR) is 119 cm³/mol. The monoisotopic (exact) mass is 430 g/mol. The SMILES string of the molecule is COc1ccc(CN2CCCC(c3ccnc(SCCN4CCCC4)n3)C2)c(F)c1. The Hall–Kier alpha value is -1.70. The maximum atomic E-state index is 14.4. The standard InChI is InChI=1S/C23H31FN4OS/c1-29-20-7-6-18(21(24)15-20)16-28-12-4-5-19(17-28)22-8-9-25-23(26-22)30-14-13-27-10-2-3-11-27/h6-9,15,19H,2-5,10-14,16-17H2,1H3. The van der Waals surface area contributed by atoms with E-state index in [2.05, 4.69) is 14.8 Å². The number of thioether (sulfide) groups is 1. The Morgan fingerprint density at radius 2 is 1.97 bits per heavy atom. The van der Waals surface area contributed by atoms with Gasteiger partial charge in [0.15, 0.2) is 5.16 Å². The van der Waals surface area contributed by atoms with Crippen LogP contribution in [-0.2, 0) is 6.54 Å². The van der Waals surface area contributed by atoms with Crippen molar-refractivity contribution in [1.29, 1.82) is 0 Å². The Balaban J connectivity index is 1.33. The van der Waals surface area contributed by atoms with Crippen LogP contribution in [0.2, 0.25) is 0 Å². The zero-order valence-corrected chi connectivity index (χ0v) is 18.5. The van der Waals surface area contributed by atoms with Crippen LogP contribution in [0.15, 0.2) is 35.6 Å². The number of likely N-dealkylation sites (tertiary alicyclic amines) is 2. The molecule has 1 aromatic carbocycles. The molecule has 3 heterocycles. The number of aromatic nitrogens is 2. The van der Waals surface area contributed by atoms with Crippen molar-refractivity contribution in [1.82, 2.24) is 19.8 Å². The Kier molecular flexibility index (Phi) is 7.57. The number of methoxy groups -OCH3 is 1. The van der Waals surface area contributed by atoms with Gasteiger partial charge in [0, 0.05) is 54.8 Å². The van der Waals surface area contributed by atoms with E-state index in [9.17, 15) is 4.39 Å². The number of halogens is 1. The van der Waals surface area contributed by atoms with Crippen LogP contribution in [0.5, 0.6) is 5.75 Å². The maximum Gasteiger partial charge on any atom is 0.187 e. The summed E-state index contributed by atoms with van der Waals surface area (Å²) < 4.78 is 19.5. The van der Waals surface area contributed by atoms with Gasteiger partial charge >= 0.3 is 0 Å². The van der Waals surface area contributed by atoms with Gasteiger partial charge in [-0.2, -0.15) is 0 Å². The summed E-state index contributed by atoms with van der Waals surface area (Å²) >= 11 is 1.76. The van der Waals surface area contributed by atoms with Crippen LogP contribution in [0.1, 0.15) is 42.9 Å². The molecule has 1 atom stereocenters. The van der Waals surface area contributed by atoms with E-state index >= 15 is 0 Å². The molecule has 2 aliphatic heterocycles. The molecule has 2 fully saturated rings. The Morgan fingerprint density at radius 3 is 2.77 bits per heavy atom. The first-order chi connectivity index (χ1) is 14.7. The first-order valence-corrected chi connectivity index (χ1v) is 11.9. The van der Waals surface area contributed by atoms with Crippen LogP contribution in [0.25, 0.3) is 0 Å². The van der Waals surface area contributed by atoms with Crippen molar-refractivity contribution in [3.05, 3.63) is 47.5 Å². The van der Waals surface area contributed by atoms with Gasteiger partial charge in [-0.05, 0) is 57.5 Å². The van der Waals surface area contributed by atoms with E-state index in [4.69, 9.17) is 9.72 Å². The molecular formula is C23H31FN4OS. The van der Waals surface area contributed by atoms with Gasteiger partial charge < -0.3 is 9.64 Å². The Morgan fingerprint density at radius 1 is 1.13 bits per heavy atom. The number of hydrogen-bond donors (Lipinski definition) is 0. The first-order valence-electron chi connectivity index (χ1n) is 10.9. The molecule has 0 spiro atoms. The number of hydrogen-bond acceptors (Lipinski definition) is 6. The number of benzene rings is 1. The summed E-state index contributed by atoms with van der Waals surface area (Å²) in [5.41, 5.74) is 1.84. The van der Waals surface area contributed by atoms with Gasteiger partial charge in [0.25, 0.3) is 0 Å². The van der Waals surface area contributed by atoms with Crippen molar-refractivity contribution in [2.75, 3.05) is 45.6 Å². The fraction of sp³-hybridized carbons (Fsp3) is 0.565. The summed E-state index contributed by atoms with van der Waals surface area (Å²) in [7, 11) is 1.56. The molecule has 0 amide bonds. The van der Waals surface area contributed by atoms with Crippen LogP contribution in [0, 0.1) is 5.82 Å². The van der Waals surface area contributed by atoms with Crippen LogP contribution < -0.4 is 4.74 Å². The smallest absolute Gasteiger partial charge is 0.187 e. The minimum atomic E-state index is -0.199. The zero-order valence-electron chi connectivity index (χ0n) is 17.7. The zero-order chi connectivity index (χ0) is 20.8. The topological polar surface area (TPSA) is 41.5 Å². The number of rotatable bonds is 8. The lowest BCUT2D eigenvalue weighted by atomic mass is 9.94. The summed E-state index contributed by atoms with van der Waals surface area (Å²) in [6.07, 6.45) is 6.77. The van der Waals surface area contributed by atoms with Crippen LogP contribution >= 0.6 is 11.8 Å². The molecule has 0 N–H and O–H groups in total. The van der Waals surface area contributed by atoms with Gasteiger partial charge in [0.2, 0.25) is 0 Å². The molecule has 4 rings (SSSR count). The molecule has 30 heavy (non-hydrogen) atoms. The van der Waals surface area contributed by atoms with E-state index in [0.717, 1.165) is 54.6 Å². The van der Waals surface area contributed by atoms with Gasteiger partial charge in [-0.1, -0.05) is 17.8 Å². The van der Waals surface area contributed by atoms with E-state index in [-0.39, 0.29) is 5.82 Å². The van der Waals surface area contributed by atoms with E-state index < -0.39 is 0 Å². The molecule has 5 nitrogen and oxygen atoms in total. The Bertz CT molecular complexity index is 831. The summed E-state index contributed by atoms with van der Waals surface area (Å²) in [4.78, 5) is 14.2. The minimum Gasteiger partial charge on any atom is -0.497 e. The van der Waals surface area contributed by atoms with E-state index in [1.807, 2.05) is 24.4 Å². The molecule has 1 aromatic heterocycles. The average molecular weight is 431 g/mol. The van der Waals surface area contributed by atoms with Gasteiger partial charge in [-0.15, -0.1) is 0 Å². The van der Waals surface area contributed by atoms with Crippen LogP contribution in [-0.4, -0.2) is 65.4 Å². The molecule has 0 aliphatic carbocycles. The highest BCUT2D eigenvalue weighted by Crippen LogP contribution is 2.28. The second kappa shape index (κ2) is 10.6. The maximum absolute atomic E-state index is 14.4. The summed E-state index contributed by atoms with van der Waals surface area (Å²) in [5.74, 6) is 1.77. The van der Waals surface area contributed by atoms with Crippen molar-refractivity contribution in [3.63, 3.8) is 0 Å². The molecule has 162 valence electrons. The fourth-order valence-electron chi connectivity index (χ4n) is 4.39. The van der Waals surface area contributed by atoms with Gasteiger partial charge in [-0.3, -0.25) is 4.90 Å². The second-order valence-electron chi connectivity index (χ2n) is 8.19. The third-order valence-corrected chi connectivity index (χ3v) is 6.91. The lowest BCUT2D eigenvalue weighted by Crippen LogP contribution is -2.34. The van der Waals surface area contributed by atoms with Gasteiger partial charge in [0.05, 0.1) is 7.11 Å². The van der Waals surface area contributed by atoms with E-state index in [0.29, 0.717) is 18.2 Å². The highest BCUT2D eigenvalue weighted by molar-refractivity contribution is 7.99. The second-order valence-corrected chi connectivity index (χ2v) is 9.25. The molecule has 0 bridgehead atoms. The van der Waals surface area contributed by atoms with Crippen molar-refractivity contribution in [2.45, 2.75) is 43.3 Å². The van der Waals surface area contributed by atoms with Gasteiger partial charge in [-0.25, -0.2) is 14.4 Å². The molecule has 2 saturated heterocycles. The summed E-state index contributed by atoms with van der Waals surface area (Å²) in [5, 5.41) is 0.880. The number of nitrogens with zero attached hydrogens (tertiary/aromatic N) is 4. The minimum absolute atomic E-state index is 0.199. The van der Waals surface area contributed by atoms with Crippen LogP contribution in [0.3, 0.4) is 0 Å². The van der Waals surface area contributed by atoms with Crippen molar-refractivity contribution in [2.24, 2.45) is 0 Å². The molecule has 7 heteroatoms. The molecule has 2 aromatic rings. The highest BCUT2D eigenvalue weighted by atomic mass is 32.2. The van der Waals surface area contributed by atoms with Crippen molar-refractivity contribution in [3.8, 4) is 5.75 Å². The highest BCUT2D eigenvalue weighted by Gasteiger charge is 2.23. The van der Waals surface area contributed by atoms with Gasteiger partial charge in [0.1, 0.15) is 11.6 Å². The summed E-state index contributed by atoms with van der Waals surface area (Å²) in [6, 6.07) is 7.17. The fourth-order valence-corrected chi connectivity index (χ4v) is 5.23. The predicted octanol–water partition coefficient (Wildman–Crippen LogP) is 4.19. The molecule has 2 aliphatic rings. The van der Waals surface area contributed by atoms with Crippen molar-refractivity contribution >= 4 is 11.8 Å². The molecule has 0 saturated carbocycles. The first kappa shape index (κ1) is 21.5. The molecule has 1 unspecified atom stereocenters. The quantitative estimate of drug-likeness (QED) is 0.462. The lowest BCUT2D eigenvalue weighted by molar-refractivity contribution is 0.196. The third-order valence-electron chi connectivity index (χ3n) is 6.07. The van der Waals surface area contributed by atoms with E-state index in [1.165, 1.54) is 32.0 Å². The largest absolute Gasteiger partial charge is 0.497 e. The summed E-state index contributed by atoms with van der Waals surface area (Å²) in [6.45, 7) is 6.09. The number of piperidine rings is 1. The third kappa shape index (κ3) is 5.71. The molecule has 0 radical (unpaired) electrons. The Labute approximate surface area is 183 Å². The number of ether oxygens (including phenoxy) is 1.